The van der Waals surface area contributed by atoms with Crippen LogP contribution in [0.5, 0.6) is 5.75 Å². The summed E-state index contributed by atoms with van der Waals surface area (Å²) in [4.78, 5) is 20.2. The van der Waals surface area contributed by atoms with Gasteiger partial charge < -0.3 is 14.6 Å². The zero-order valence-corrected chi connectivity index (χ0v) is 16.3. The van der Waals surface area contributed by atoms with Crippen molar-refractivity contribution in [3.8, 4) is 5.75 Å². The van der Waals surface area contributed by atoms with Gasteiger partial charge >= 0.3 is 0 Å². The Hall–Kier alpha value is -2.27. The Morgan fingerprint density at radius 3 is 2.93 bits per heavy atom. The average molecular weight is 367 g/mol. The first-order chi connectivity index (χ1) is 13.2. The SMILES string of the molecule is COc1ccc2[nH]cc(C3=CCN(CCC(=O)N4CCCC4C)CC3)c2c1. The van der Waals surface area contributed by atoms with Crippen LogP contribution in [0, 0.1) is 0 Å². The molecule has 5 heteroatoms. The van der Waals surface area contributed by atoms with Gasteiger partial charge in [-0.05, 0) is 50.0 Å². The lowest BCUT2D eigenvalue weighted by Crippen LogP contribution is -2.37. The van der Waals surface area contributed by atoms with Gasteiger partial charge in [-0.15, -0.1) is 0 Å². The van der Waals surface area contributed by atoms with E-state index in [4.69, 9.17) is 4.74 Å². The number of fused-ring (bicyclic) bond motifs is 1. The predicted molar refractivity (Wildman–Crippen MR) is 109 cm³/mol. The van der Waals surface area contributed by atoms with E-state index in [0.29, 0.717) is 18.4 Å². The highest BCUT2D eigenvalue weighted by atomic mass is 16.5. The summed E-state index contributed by atoms with van der Waals surface area (Å²) in [5.74, 6) is 1.20. The van der Waals surface area contributed by atoms with Crippen molar-refractivity contribution >= 4 is 22.4 Å². The molecule has 0 bridgehead atoms. The van der Waals surface area contributed by atoms with Crippen LogP contribution in [0.3, 0.4) is 0 Å². The number of nitrogens with one attached hydrogen (secondary N) is 1. The van der Waals surface area contributed by atoms with Crippen LogP contribution in [0.15, 0.2) is 30.5 Å². The van der Waals surface area contributed by atoms with Gasteiger partial charge in [0.25, 0.3) is 0 Å². The summed E-state index contributed by atoms with van der Waals surface area (Å²) in [6, 6.07) is 6.57. The lowest BCUT2D eigenvalue weighted by molar-refractivity contribution is -0.132. The fourth-order valence-electron chi connectivity index (χ4n) is 4.35. The third-order valence-corrected chi connectivity index (χ3v) is 6.04. The molecule has 27 heavy (non-hydrogen) atoms. The van der Waals surface area contributed by atoms with Crippen molar-refractivity contribution in [2.45, 2.75) is 38.6 Å². The normalized spacial score (nSPS) is 20.9. The van der Waals surface area contributed by atoms with Crippen LogP contribution >= 0.6 is 0 Å². The van der Waals surface area contributed by atoms with Crippen molar-refractivity contribution in [3.05, 3.63) is 36.0 Å². The van der Waals surface area contributed by atoms with Crippen molar-refractivity contribution in [2.24, 2.45) is 0 Å². The van der Waals surface area contributed by atoms with Crippen molar-refractivity contribution in [3.63, 3.8) is 0 Å². The summed E-state index contributed by atoms with van der Waals surface area (Å²) in [5, 5.41) is 1.22. The maximum atomic E-state index is 12.4. The highest BCUT2D eigenvalue weighted by Gasteiger charge is 2.25. The van der Waals surface area contributed by atoms with Crippen LogP contribution in [-0.4, -0.2) is 60.0 Å². The lowest BCUT2D eigenvalue weighted by Gasteiger charge is -2.28. The van der Waals surface area contributed by atoms with E-state index in [-0.39, 0.29) is 0 Å². The second-order valence-electron chi connectivity index (χ2n) is 7.72. The number of amides is 1. The molecule has 0 spiro atoms. The number of nitrogens with zero attached hydrogens (tertiary/aromatic N) is 2. The molecule has 1 amide bonds. The van der Waals surface area contributed by atoms with Crippen molar-refractivity contribution in [1.29, 1.82) is 0 Å². The molecule has 0 aliphatic carbocycles. The molecule has 4 rings (SSSR count). The zero-order valence-electron chi connectivity index (χ0n) is 16.3. The molecule has 1 atom stereocenters. The first kappa shape index (κ1) is 18.1. The van der Waals surface area contributed by atoms with Gasteiger partial charge in [-0.3, -0.25) is 9.69 Å². The Balaban J connectivity index is 1.38. The van der Waals surface area contributed by atoms with E-state index < -0.39 is 0 Å². The molecule has 1 aromatic heterocycles. The summed E-state index contributed by atoms with van der Waals surface area (Å²) in [5.41, 5.74) is 3.79. The van der Waals surface area contributed by atoms with Crippen LogP contribution in [-0.2, 0) is 4.79 Å². The molecule has 2 aromatic rings. The molecule has 1 unspecified atom stereocenters. The third-order valence-electron chi connectivity index (χ3n) is 6.04. The van der Waals surface area contributed by atoms with E-state index in [1.54, 1.807) is 7.11 Å². The summed E-state index contributed by atoms with van der Waals surface area (Å²) in [6.07, 6.45) is 8.36. The molecule has 1 saturated heterocycles. The molecule has 0 saturated carbocycles. The molecule has 1 aromatic carbocycles. The Bertz CT molecular complexity index is 854. The first-order valence-electron chi connectivity index (χ1n) is 10.0. The molecule has 2 aliphatic rings. The summed E-state index contributed by atoms with van der Waals surface area (Å²) >= 11 is 0. The number of ether oxygens (including phenoxy) is 1. The number of carbonyl (C=O) groups is 1. The number of methoxy groups -OCH3 is 1. The number of likely N-dealkylation sites (tertiary alicyclic amines) is 1. The van der Waals surface area contributed by atoms with Crippen molar-refractivity contribution in [1.82, 2.24) is 14.8 Å². The topological polar surface area (TPSA) is 48.6 Å². The maximum absolute atomic E-state index is 12.4. The Labute approximate surface area is 161 Å². The van der Waals surface area contributed by atoms with E-state index in [9.17, 15) is 4.79 Å². The van der Waals surface area contributed by atoms with E-state index in [1.807, 2.05) is 6.07 Å². The molecule has 3 heterocycles. The van der Waals surface area contributed by atoms with Crippen LogP contribution < -0.4 is 4.74 Å². The lowest BCUT2D eigenvalue weighted by atomic mass is 9.98. The van der Waals surface area contributed by atoms with Gasteiger partial charge in [0.15, 0.2) is 0 Å². The number of carbonyl (C=O) groups excluding carboxylic acids is 1. The zero-order chi connectivity index (χ0) is 18.8. The number of hydrogen-bond acceptors (Lipinski definition) is 3. The smallest absolute Gasteiger partial charge is 0.224 e. The molecular formula is C22H29N3O2. The third kappa shape index (κ3) is 3.74. The second kappa shape index (κ2) is 7.77. The molecule has 1 fully saturated rings. The molecule has 144 valence electrons. The second-order valence-corrected chi connectivity index (χ2v) is 7.72. The van der Waals surface area contributed by atoms with Crippen LogP contribution in [0.1, 0.15) is 38.2 Å². The molecule has 2 aliphatic heterocycles. The Morgan fingerprint density at radius 1 is 1.33 bits per heavy atom. The number of aromatic amines is 1. The fourth-order valence-corrected chi connectivity index (χ4v) is 4.35. The van der Waals surface area contributed by atoms with Crippen molar-refractivity contribution in [2.75, 3.05) is 33.3 Å². The fraction of sp³-hybridized carbons (Fsp3) is 0.500. The summed E-state index contributed by atoms with van der Waals surface area (Å²) in [7, 11) is 1.70. The van der Waals surface area contributed by atoms with Crippen LogP contribution in [0.2, 0.25) is 0 Å². The van der Waals surface area contributed by atoms with Gasteiger partial charge in [-0.25, -0.2) is 0 Å². The summed E-state index contributed by atoms with van der Waals surface area (Å²) in [6.45, 7) is 5.87. The number of benzene rings is 1. The highest BCUT2D eigenvalue weighted by molar-refractivity contribution is 5.93. The average Bonchev–Trinajstić information content (AvgIpc) is 3.32. The largest absolute Gasteiger partial charge is 0.497 e. The monoisotopic (exact) mass is 367 g/mol. The Kier molecular flexibility index (Phi) is 5.21. The number of H-pyrrole nitrogens is 1. The van der Waals surface area contributed by atoms with Gasteiger partial charge in [0.05, 0.1) is 7.11 Å². The van der Waals surface area contributed by atoms with E-state index in [1.165, 1.54) is 16.5 Å². The highest BCUT2D eigenvalue weighted by Crippen LogP contribution is 2.31. The minimum atomic E-state index is 0.318. The number of rotatable bonds is 5. The predicted octanol–water partition coefficient (Wildman–Crippen LogP) is 3.67. The van der Waals surface area contributed by atoms with E-state index >= 15 is 0 Å². The van der Waals surface area contributed by atoms with Crippen molar-refractivity contribution < 1.29 is 9.53 Å². The quantitative estimate of drug-likeness (QED) is 0.877. The van der Waals surface area contributed by atoms with Gasteiger partial charge in [-0.2, -0.15) is 0 Å². The summed E-state index contributed by atoms with van der Waals surface area (Å²) < 4.78 is 5.38. The molecule has 1 N–H and O–H groups in total. The maximum Gasteiger partial charge on any atom is 0.224 e. The van der Waals surface area contributed by atoms with E-state index in [0.717, 1.165) is 56.7 Å². The van der Waals surface area contributed by atoms with E-state index in [2.05, 4.69) is 46.1 Å². The molecular weight excluding hydrogens is 338 g/mol. The first-order valence-corrected chi connectivity index (χ1v) is 10.0. The number of aromatic nitrogens is 1. The minimum Gasteiger partial charge on any atom is -0.497 e. The molecule has 5 nitrogen and oxygen atoms in total. The molecule has 0 radical (unpaired) electrons. The van der Waals surface area contributed by atoms with Crippen LogP contribution in [0.25, 0.3) is 16.5 Å². The van der Waals surface area contributed by atoms with Gasteiger partial charge in [0, 0.05) is 61.3 Å². The minimum absolute atomic E-state index is 0.318. The Morgan fingerprint density at radius 2 is 2.22 bits per heavy atom. The van der Waals surface area contributed by atoms with Gasteiger partial charge in [0.2, 0.25) is 5.91 Å². The van der Waals surface area contributed by atoms with Crippen LogP contribution in [0.4, 0.5) is 0 Å². The van der Waals surface area contributed by atoms with Gasteiger partial charge in [0.1, 0.15) is 5.75 Å². The van der Waals surface area contributed by atoms with Gasteiger partial charge in [-0.1, -0.05) is 6.08 Å². The standard InChI is InChI=1S/C22H29N3O2/c1-16-4-3-10-25(16)22(26)9-13-24-11-7-17(8-12-24)20-15-23-21-6-5-18(27-2)14-19(20)21/h5-7,14-16,23H,3-4,8-13H2,1-2H3. The number of hydrogen-bond donors (Lipinski definition) is 1.